The van der Waals surface area contributed by atoms with Crippen molar-refractivity contribution in [1.29, 1.82) is 0 Å². The Morgan fingerprint density at radius 2 is 1.59 bits per heavy atom. The Balaban J connectivity index is 2.42. The van der Waals surface area contributed by atoms with Gasteiger partial charge in [-0.3, -0.25) is 0 Å². The molecule has 0 aliphatic rings. The van der Waals surface area contributed by atoms with Gasteiger partial charge < -0.3 is 0 Å². The lowest BCUT2D eigenvalue weighted by Crippen LogP contribution is -2.05. The highest BCUT2D eigenvalue weighted by Crippen LogP contribution is 2.19. The Morgan fingerprint density at radius 1 is 1.00 bits per heavy atom. The molecule has 1 aromatic carbocycles. The summed E-state index contributed by atoms with van der Waals surface area (Å²) in [5.41, 5.74) is 2.82. The van der Waals surface area contributed by atoms with Gasteiger partial charge >= 0.3 is 0 Å². The Bertz CT molecular complexity index is 311. The monoisotopic (exact) mass is 252 g/mol. The maximum Gasteiger partial charge on any atom is 0.0341 e. The summed E-state index contributed by atoms with van der Waals surface area (Å²) in [5, 5.41) is 0.319. The van der Waals surface area contributed by atoms with Gasteiger partial charge in [0.05, 0.1) is 0 Å². The first-order chi connectivity index (χ1) is 7.99. The van der Waals surface area contributed by atoms with Crippen molar-refractivity contribution in [2.24, 2.45) is 5.92 Å². The molecule has 0 aliphatic heterocycles. The van der Waals surface area contributed by atoms with Gasteiger partial charge in [-0.1, -0.05) is 52.0 Å². The second-order valence-electron chi connectivity index (χ2n) is 5.66. The molecule has 1 atom stereocenters. The fourth-order valence-corrected chi connectivity index (χ4v) is 2.49. The number of benzene rings is 1. The number of alkyl halides is 1. The molecular weight excluding hydrogens is 228 g/mol. The first-order valence-electron chi connectivity index (χ1n) is 6.72. The molecule has 96 valence electrons. The topological polar surface area (TPSA) is 0 Å². The van der Waals surface area contributed by atoms with Crippen molar-refractivity contribution in [2.45, 2.75) is 58.3 Å². The molecule has 0 nitrogen and oxygen atoms in total. The van der Waals surface area contributed by atoms with Crippen LogP contribution in [0.4, 0.5) is 0 Å². The van der Waals surface area contributed by atoms with E-state index >= 15 is 0 Å². The van der Waals surface area contributed by atoms with E-state index in [-0.39, 0.29) is 0 Å². The molecule has 1 heteroatoms. The third kappa shape index (κ3) is 5.59. The summed E-state index contributed by atoms with van der Waals surface area (Å²) in [6.45, 7) is 8.92. The molecule has 0 bridgehead atoms. The Morgan fingerprint density at radius 3 is 2.06 bits per heavy atom. The number of hydrogen-bond donors (Lipinski definition) is 0. The molecule has 0 aliphatic carbocycles. The average Bonchev–Trinajstić information content (AvgIpc) is 2.26. The summed E-state index contributed by atoms with van der Waals surface area (Å²) in [5.74, 6) is 1.31. The number of hydrogen-bond acceptors (Lipinski definition) is 0. The van der Waals surface area contributed by atoms with Crippen molar-refractivity contribution < 1.29 is 0 Å². The molecular formula is C16H25Cl. The first-order valence-corrected chi connectivity index (χ1v) is 7.15. The van der Waals surface area contributed by atoms with Gasteiger partial charge in [-0.25, -0.2) is 0 Å². The largest absolute Gasteiger partial charge is 0.123 e. The lowest BCUT2D eigenvalue weighted by Gasteiger charge is -2.12. The molecule has 0 N–H and O–H groups in total. The van der Waals surface area contributed by atoms with Gasteiger partial charge in [0.15, 0.2) is 0 Å². The summed E-state index contributed by atoms with van der Waals surface area (Å²) in [4.78, 5) is 0. The minimum Gasteiger partial charge on any atom is -0.123 e. The molecule has 1 rings (SSSR count). The summed E-state index contributed by atoms with van der Waals surface area (Å²) < 4.78 is 0. The zero-order chi connectivity index (χ0) is 12.8. The van der Waals surface area contributed by atoms with Crippen LogP contribution in [0.1, 0.15) is 57.6 Å². The van der Waals surface area contributed by atoms with Crippen molar-refractivity contribution in [1.82, 2.24) is 0 Å². The molecule has 1 unspecified atom stereocenters. The molecule has 0 amide bonds. The zero-order valence-corrected chi connectivity index (χ0v) is 12.3. The molecule has 0 fully saturated rings. The van der Waals surface area contributed by atoms with Gasteiger partial charge in [-0.05, 0) is 42.2 Å². The highest BCUT2D eigenvalue weighted by molar-refractivity contribution is 6.20. The van der Waals surface area contributed by atoms with Gasteiger partial charge in [0.25, 0.3) is 0 Å². The summed E-state index contributed by atoms with van der Waals surface area (Å²) >= 11 is 6.31. The predicted molar refractivity (Wildman–Crippen MR) is 77.9 cm³/mol. The third-order valence-electron chi connectivity index (χ3n) is 3.12. The van der Waals surface area contributed by atoms with Crippen molar-refractivity contribution >= 4 is 11.6 Å². The van der Waals surface area contributed by atoms with Crippen LogP contribution in [-0.4, -0.2) is 5.38 Å². The SMILES string of the molecule is CC(C)CC(Cl)CCc1ccc(C(C)C)cc1. The van der Waals surface area contributed by atoms with Gasteiger partial charge in [0.1, 0.15) is 0 Å². The highest BCUT2D eigenvalue weighted by atomic mass is 35.5. The molecule has 0 heterocycles. The van der Waals surface area contributed by atoms with Gasteiger partial charge in [-0.2, -0.15) is 0 Å². The van der Waals surface area contributed by atoms with Crippen molar-refractivity contribution in [2.75, 3.05) is 0 Å². The summed E-state index contributed by atoms with van der Waals surface area (Å²) in [7, 11) is 0. The average molecular weight is 253 g/mol. The highest BCUT2D eigenvalue weighted by Gasteiger charge is 2.07. The van der Waals surface area contributed by atoms with E-state index in [1.54, 1.807) is 0 Å². The van der Waals surface area contributed by atoms with Crippen LogP contribution in [0.15, 0.2) is 24.3 Å². The van der Waals surface area contributed by atoms with Crippen LogP contribution in [-0.2, 0) is 6.42 Å². The third-order valence-corrected chi connectivity index (χ3v) is 3.52. The minimum absolute atomic E-state index is 0.319. The van der Waals surface area contributed by atoms with Crippen LogP contribution in [0.5, 0.6) is 0 Å². The second-order valence-corrected chi connectivity index (χ2v) is 6.28. The Labute approximate surface area is 111 Å². The maximum atomic E-state index is 6.31. The number of halogens is 1. The van der Waals surface area contributed by atoms with E-state index in [0.29, 0.717) is 17.2 Å². The van der Waals surface area contributed by atoms with Gasteiger partial charge in [0, 0.05) is 5.38 Å². The quantitative estimate of drug-likeness (QED) is 0.595. The van der Waals surface area contributed by atoms with E-state index in [2.05, 4.69) is 52.0 Å². The molecule has 0 saturated heterocycles. The standard InChI is InChI=1S/C16H25Cl/c1-12(2)11-16(17)10-7-14-5-8-15(9-6-14)13(3)4/h5-6,8-9,12-13,16H,7,10-11H2,1-4H3. The Hall–Kier alpha value is -0.490. The number of rotatable bonds is 6. The normalized spacial score (nSPS) is 13.4. The van der Waals surface area contributed by atoms with Crippen LogP contribution in [0.25, 0.3) is 0 Å². The van der Waals surface area contributed by atoms with Crippen molar-refractivity contribution in [3.05, 3.63) is 35.4 Å². The molecule has 17 heavy (non-hydrogen) atoms. The molecule has 1 aromatic rings. The van der Waals surface area contributed by atoms with Crippen LogP contribution in [0.2, 0.25) is 0 Å². The second kappa shape index (κ2) is 7.06. The predicted octanol–water partition coefficient (Wildman–Crippen LogP) is 5.40. The van der Waals surface area contributed by atoms with Crippen LogP contribution in [0, 0.1) is 5.92 Å². The fourth-order valence-electron chi connectivity index (χ4n) is 2.02. The molecule has 0 spiro atoms. The van der Waals surface area contributed by atoms with E-state index < -0.39 is 0 Å². The summed E-state index contributed by atoms with van der Waals surface area (Å²) in [6.07, 6.45) is 3.30. The fraction of sp³-hybridized carbons (Fsp3) is 0.625. The van der Waals surface area contributed by atoms with E-state index in [1.807, 2.05) is 0 Å². The van der Waals surface area contributed by atoms with Crippen LogP contribution in [0.3, 0.4) is 0 Å². The van der Waals surface area contributed by atoms with Crippen molar-refractivity contribution in [3.8, 4) is 0 Å². The van der Waals surface area contributed by atoms with E-state index in [0.717, 1.165) is 19.3 Å². The molecule has 0 saturated carbocycles. The summed E-state index contributed by atoms with van der Waals surface area (Å²) in [6, 6.07) is 8.97. The van der Waals surface area contributed by atoms with Crippen LogP contribution < -0.4 is 0 Å². The number of aryl methyl sites for hydroxylation is 1. The van der Waals surface area contributed by atoms with E-state index in [1.165, 1.54) is 11.1 Å². The Kier molecular flexibility index (Phi) is 6.05. The van der Waals surface area contributed by atoms with E-state index in [9.17, 15) is 0 Å². The zero-order valence-electron chi connectivity index (χ0n) is 11.5. The minimum atomic E-state index is 0.319. The van der Waals surface area contributed by atoms with Crippen LogP contribution >= 0.6 is 11.6 Å². The van der Waals surface area contributed by atoms with E-state index in [4.69, 9.17) is 11.6 Å². The smallest absolute Gasteiger partial charge is 0.0341 e. The molecule has 0 radical (unpaired) electrons. The maximum absolute atomic E-state index is 6.31. The van der Waals surface area contributed by atoms with Crippen molar-refractivity contribution in [3.63, 3.8) is 0 Å². The molecule has 0 aromatic heterocycles. The lowest BCUT2D eigenvalue weighted by atomic mass is 9.98. The van der Waals surface area contributed by atoms with Gasteiger partial charge in [-0.15, -0.1) is 11.6 Å². The lowest BCUT2D eigenvalue weighted by molar-refractivity contribution is 0.544. The van der Waals surface area contributed by atoms with Gasteiger partial charge in [0.2, 0.25) is 0 Å². The first kappa shape index (κ1) is 14.6.